The Morgan fingerprint density at radius 2 is 1.86 bits per heavy atom. The number of carbonyl (C=O) groups is 1. The molecule has 0 aromatic heterocycles. The van der Waals surface area contributed by atoms with Crippen LogP contribution in [0, 0.1) is 0 Å². The van der Waals surface area contributed by atoms with Gasteiger partial charge < -0.3 is 14.8 Å². The highest BCUT2D eigenvalue weighted by atomic mass is 16.5. The molecular weight excluding hydrogens is 352 g/mol. The van der Waals surface area contributed by atoms with E-state index in [0.29, 0.717) is 6.54 Å². The van der Waals surface area contributed by atoms with Crippen LogP contribution in [0.3, 0.4) is 0 Å². The summed E-state index contributed by atoms with van der Waals surface area (Å²) in [5.74, 6) is 0.841. The number of nitrogens with one attached hydrogen (secondary N) is 1. The van der Waals surface area contributed by atoms with E-state index < -0.39 is 0 Å². The van der Waals surface area contributed by atoms with Gasteiger partial charge in [0, 0.05) is 25.2 Å². The molecule has 1 amide bonds. The first-order valence-electron chi connectivity index (χ1n) is 10.1. The Morgan fingerprint density at radius 1 is 1.11 bits per heavy atom. The number of methoxy groups -OCH3 is 1. The molecule has 4 rings (SSSR count). The number of benzene rings is 2. The van der Waals surface area contributed by atoms with E-state index >= 15 is 0 Å². The molecule has 0 bridgehead atoms. The lowest BCUT2D eigenvalue weighted by atomic mass is 10.0. The number of hydrogen-bond donors (Lipinski definition) is 1. The SMILES string of the molecule is COc1ccc([C@@H](CNC(=O)c2ccc3c(c2)CCC3)N2CCOCC2)cc1. The van der Waals surface area contributed by atoms with Gasteiger partial charge in [-0.15, -0.1) is 0 Å². The van der Waals surface area contributed by atoms with Crippen molar-refractivity contribution in [3.8, 4) is 5.75 Å². The summed E-state index contributed by atoms with van der Waals surface area (Å²) in [6.45, 7) is 3.76. The summed E-state index contributed by atoms with van der Waals surface area (Å²) in [7, 11) is 1.67. The second-order valence-corrected chi connectivity index (χ2v) is 7.48. The molecule has 2 aromatic carbocycles. The normalized spacial score (nSPS) is 17.8. The molecule has 0 spiro atoms. The van der Waals surface area contributed by atoms with Gasteiger partial charge >= 0.3 is 0 Å². The first-order valence-corrected chi connectivity index (χ1v) is 10.1. The molecule has 0 unspecified atom stereocenters. The number of nitrogens with zero attached hydrogens (tertiary/aromatic N) is 1. The van der Waals surface area contributed by atoms with Crippen molar-refractivity contribution < 1.29 is 14.3 Å². The van der Waals surface area contributed by atoms with Crippen molar-refractivity contribution in [1.29, 1.82) is 0 Å². The summed E-state index contributed by atoms with van der Waals surface area (Å²) in [5, 5.41) is 3.16. The van der Waals surface area contributed by atoms with E-state index in [1.165, 1.54) is 23.1 Å². The molecule has 1 aliphatic heterocycles. The lowest BCUT2D eigenvalue weighted by molar-refractivity contribution is 0.0162. The number of morpholine rings is 1. The molecule has 1 heterocycles. The molecule has 1 fully saturated rings. The number of ether oxygens (including phenoxy) is 2. The van der Waals surface area contributed by atoms with Crippen molar-refractivity contribution in [2.75, 3.05) is 40.0 Å². The number of aryl methyl sites for hydroxylation is 2. The minimum Gasteiger partial charge on any atom is -0.497 e. The summed E-state index contributed by atoms with van der Waals surface area (Å²) in [6.07, 6.45) is 3.41. The Hall–Kier alpha value is -2.37. The average Bonchev–Trinajstić information content (AvgIpc) is 3.23. The maximum absolute atomic E-state index is 12.8. The van der Waals surface area contributed by atoms with Crippen molar-refractivity contribution >= 4 is 5.91 Å². The van der Waals surface area contributed by atoms with Crippen LogP contribution in [0.2, 0.25) is 0 Å². The minimum absolute atomic E-state index is 0.00136. The maximum Gasteiger partial charge on any atom is 0.251 e. The van der Waals surface area contributed by atoms with Crippen molar-refractivity contribution in [2.45, 2.75) is 25.3 Å². The fourth-order valence-corrected chi connectivity index (χ4v) is 4.18. The highest BCUT2D eigenvalue weighted by Crippen LogP contribution is 2.25. The van der Waals surface area contributed by atoms with Crippen LogP contribution < -0.4 is 10.1 Å². The predicted octanol–water partition coefficient (Wildman–Crippen LogP) is 2.99. The molecule has 5 heteroatoms. The zero-order valence-electron chi connectivity index (χ0n) is 16.4. The standard InChI is InChI=1S/C23H28N2O3/c1-27-21-9-7-18(8-10-21)22(25-11-13-28-14-12-25)16-24-23(26)20-6-5-17-3-2-4-19(17)15-20/h5-10,15,22H,2-4,11-14,16H2,1H3,(H,24,26)/t22-/m1/s1. The van der Waals surface area contributed by atoms with Gasteiger partial charge in [-0.25, -0.2) is 0 Å². The van der Waals surface area contributed by atoms with Gasteiger partial charge in [0.25, 0.3) is 5.91 Å². The second kappa shape index (κ2) is 8.76. The third-order valence-electron chi connectivity index (χ3n) is 5.80. The topological polar surface area (TPSA) is 50.8 Å². The van der Waals surface area contributed by atoms with Crippen LogP contribution in [0.4, 0.5) is 0 Å². The van der Waals surface area contributed by atoms with E-state index in [9.17, 15) is 4.79 Å². The molecule has 0 radical (unpaired) electrons. The Balaban J connectivity index is 1.47. The molecular formula is C23H28N2O3. The van der Waals surface area contributed by atoms with Crippen molar-refractivity contribution in [3.05, 3.63) is 64.7 Å². The highest BCUT2D eigenvalue weighted by molar-refractivity contribution is 5.94. The van der Waals surface area contributed by atoms with Crippen molar-refractivity contribution in [2.24, 2.45) is 0 Å². The molecule has 1 saturated heterocycles. The zero-order chi connectivity index (χ0) is 19.3. The Morgan fingerprint density at radius 3 is 2.61 bits per heavy atom. The van der Waals surface area contributed by atoms with Crippen LogP contribution in [0.1, 0.15) is 39.5 Å². The van der Waals surface area contributed by atoms with Gasteiger partial charge in [0.1, 0.15) is 5.75 Å². The smallest absolute Gasteiger partial charge is 0.251 e. The number of hydrogen-bond acceptors (Lipinski definition) is 4. The van der Waals surface area contributed by atoms with Gasteiger partial charge in [0.15, 0.2) is 0 Å². The van der Waals surface area contributed by atoms with Gasteiger partial charge in [0.05, 0.1) is 26.4 Å². The van der Waals surface area contributed by atoms with E-state index in [1.807, 2.05) is 18.2 Å². The largest absolute Gasteiger partial charge is 0.497 e. The molecule has 5 nitrogen and oxygen atoms in total. The Kier molecular flexibility index (Phi) is 5.93. The fourth-order valence-electron chi connectivity index (χ4n) is 4.18. The minimum atomic E-state index is 0.00136. The van der Waals surface area contributed by atoms with Crippen LogP contribution in [-0.2, 0) is 17.6 Å². The van der Waals surface area contributed by atoms with Crippen LogP contribution in [0.5, 0.6) is 5.75 Å². The summed E-state index contributed by atoms with van der Waals surface area (Å²) in [5.41, 5.74) is 4.65. The van der Waals surface area contributed by atoms with Gasteiger partial charge in [0.2, 0.25) is 0 Å². The molecule has 148 valence electrons. The third kappa shape index (κ3) is 4.21. The lowest BCUT2D eigenvalue weighted by Crippen LogP contribution is -2.43. The molecule has 1 aliphatic carbocycles. The maximum atomic E-state index is 12.8. The van der Waals surface area contributed by atoms with E-state index in [-0.39, 0.29) is 11.9 Å². The summed E-state index contributed by atoms with van der Waals surface area (Å²) in [6, 6.07) is 14.4. The average molecular weight is 380 g/mol. The molecule has 28 heavy (non-hydrogen) atoms. The summed E-state index contributed by atoms with van der Waals surface area (Å²) in [4.78, 5) is 15.2. The highest BCUT2D eigenvalue weighted by Gasteiger charge is 2.24. The first-order chi connectivity index (χ1) is 13.7. The number of carbonyl (C=O) groups excluding carboxylic acids is 1. The third-order valence-corrected chi connectivity index (χ3v) is 5.80. The van der Waals surface area contributed by atoms with Crippen LogP contribution in [0.15, 0.2) is 42.5 Å². The number of rotatable bonds is 6. The fraction of sp³-hybridized carbons (Fsp3) is 0.435. The van der Waals surface area contributed by atoms with E-state index in [2.05, 4.69) is 34.5 Å². The second-order valence-electron chi connectivity index (χ2n) is 7.48. The Bertz CT molecular complexity index is 813. The van der Waals surface area contributed by atoms with Crippen LogP contribution >= 0.6 is 0 Å². The van der Waals surface area contributed by atoms with E-state index in [0.717, 1.165) is 50.5 Å². The molecule has 1 N–H and O–H groups in total. The van der Waals surface area contributed by atoms with Crippen molar-refractivity contribution in [1.82, 2.24) is 10.2 Å². The lowest BCUT2D eigenvalue weighted by Gasteiger charge is -2.35. The number of amides is 1. The molecule has 2 aliphatic rings. The quantitative estimate of drug-likeness (QED) is 0.837. The van der Waals surface area contributed by atoms with Gasteiger partial charge in [-0.3, -0.25) is 9.69 Å². The van der Waals surface area contributed by atoms with Crippen molar-refractivity contribution in [3.63, 3.8) is 0 Å². The number of fused-ring (bicyclic) bond motifs is 1. The van der Waals surface area contributed by atoms with E-state index in [4.69, 9.17) is 9.47 Å². The predicted molar refractivity (Wildman–Crippen MR) is 109 cm³/mol. The molecule has 0 saturated carbocycles. The zero-order valence-corrected chi connectivity index (χ0v) is 16.4. The molecule has 2 aromatic rings. The van der Waals surface area contributed by atoms with Gasteiger partial charge in [-0.2, -0.15) is 0 Å². The van der Waals surface area contributed by atoms with Gasteiger partial charge in [-0.1, -0.05) is 18.2 Å². The Labute approximate surface area is 166 Å². The van der Waals surface area contributed by atoms with Crippen LogP contribution in [0.25, 0.3) is 0 Å². The molecule has 1 atom stereocenters. The van der Waals surface area contributed by atoms with Crippen LogP contribution in [-0.4, -0.2) is 50.8 Å². The summed E-state index contributed by atoms with van der Waals surface area (Å²) >= 11 is 0. The first kappa shape index (κ1) is 19.0. The monoisotopic (exact) mass is 380 g/mol. The van der Waals surface area contributed by atoms with Gasteiger partial charge in [-0.05, 0) is 60.2 Å². The summed E-state index contributed by atoms with van der Waals surface area (Å²) < 4.78 is 10.8. The van der Waals surface area contributed by atoms with E-state index in [1.54, 1.807) is 7.11 Å².